The maximum absolute atomic E-state index is 13.4. The van der Waals surface area contributed by atoms with Gasteiger partial charge in [0.05, 0.1) is 6.17 Å². The van der Waals surface area contributed by atoms with Crippen LogP contribution in [0.5, 0.6) is 0 Å². The maximum atomic E-state index is 13.4. The number of carbonyl (C=O) groups excluding carboxylic acids is 1. The molecule has 1 fully saturated rings. The van der Waals surface area contributed by atoms with Crippen molar-refractivity contribution in [2.75, 3.05) is 30.9 Å². The minimum absolute atomic E-state index is 0.165. The lowest BCUT2D eigenvalue weighted by Crippen LogP contribution is -2.51. The van der Waals surface area contributed by atoms with E-state index in [0.717, 1.165) is 6.07 Å². The van der Waals surface area contributed by atoms with Gasteiger partial charge in [0.15, 0.2) is 0 Å². The van der Waals surface area contributed by atoms with E-state index in [9.17, 15) is 17.8 Å². The molecule has 7 nitrogen and oxygen atoms in total. The topological polar surface area (TPSA) is 98.9 Å². The molecule has 0 saturated carbocycles. The van der Waals surface area contributed by atoms with Crippen molar-refractivity contribution in [3.8, 4) is 0 Å². The van der Waals surface area contributed by atoms with Gasteiger partial charge in [-0.05, 0) is 42.0 Å². The second-order valence-corrected chi connectivity index (χ2v) is 7.11. The summed E-state index contributed by atoms with van der Waals surface area (Å²) in [6.45, 7) is 1.78. The predicted molar refractivity (Wildman–Crippen MR) is 102 cm³/mol. The van der Waals surface area contributed by atoms with Crippen LogP contribution in [0, 0.1) is 11.6 Å². The lowest BCUT2D eigenvalue weighted by molar-refractivity contribution is 0.0571. The molecule has 2 unspecified atom stereocenters. The normalized spacial score (nSPS) is 17.2. The molecule has 1 aliphatic heterocycles. The summed E-state index contributed by atoms with van der Waals surface area (Å²) >= 11 is -2.18. The Morgan fingerprint density at radius 3 is 2.18 bits per heavy atom. The van der Waals surface area contributed by atoms with Crippen LogP contribution in [-0.2, 0) is 11.3 Å². The molecule has 0 radical (unpaired) electrons. The van der Waals surface area contributed by atoms with Crippen LogP contribution in [-0.4, -0.2) is 50.6 Å². The fourth-order valence-electron chi connectivity index (χ4n) is 3.12. The number of rotatable bonds is 5. The van der Waals surface area contributed by atoms with Gasteiger partial charge in [-0.3, -0.25) is 19.0 Å². The zero-order valence-corrected chi connectivity index (χ0v) is 15.7. The maximum Gasteiger partial charge on any atom is 0.259 e. The summed E-state index contributed by atoms with van der Waals surface area (Å²) in [6.07, 6.45) is -0.660. The second kappa shape index (κ2) is 8.74. The van der Waals surface area contributed by atoms with Gasteiger partial charge in [-0.2, -0.15) is 0 Å². The number of hydrogen-bond donors (Lipinski definition) is 3. The summed E-state index contributed by atoms with van der Waals surface area (Å²) in [4.78, 5) is 16.1. The van der Waals surface area contributed by atoms with E-state index in [4.69, 9.17) is 10.3 Å². The van der Waals surface area contributed by atoms with E-state index >= 15 is 0 Å². The largest absolute Gasteiger partial charge is 0.336 e. The van der Waals surface area contributed by atoms with Crippen LogP contribution in [0.1, 0.15) is 22.1 Å². The molecular weight excluding hydrogens is 390 g/mol. The van der Waals surface area contributed by atoms with Crippen LogP contribution in [0.15, 0.2) is 42.5 Å². The lowest BCUT2D eigenvalue weighted by Gasteiger charge is -2.38. The molecule has 4 N–H and O–H groups in total. The van der Waals surface area contributed by atoms with Crippen LogP contribution < -0.4 is 10.5 Å². The number of carbonyl (C=O) groups is 1. The Bertz CT molecular complexity index is 853. The number of halogens is 2. The number of anilines is 1. The van der Waals surface area contributed by atoms with Crippen LogP contribution in [0.2, 0.25) is 0 Å². The van der Waals surface area contributed by atoms with Crippen molar-refractivity contribution in [3.05, 3.63) is 65.2 Å². The molecule has 0 spiro atoms. The molecular formula is C18H20F2N4O3S. The summed E-state index contributed by atoms with van der Waals surface area (Å²) in [7, 11) is 0. The third-order valence-corrected chi connectivity index (χ3v) is 4.97. The average molecular weight is 410 g/mol. The first-order chi connectivity index (χ1) is 13.3. The molecule has 28 heavy (non-hydrogen) atoms. The molecule has 0 bridgehead atoms. The molecule has 1 aliphatic rings. The average Bonchev–Trinajstić information content (AvgIpc) is 2.66. The Hall–Kier alpha value is -2.40. The second-order valence-electron chi connectivity index (χ2n) is 6.40. The standard InChI is InChI=1S/C18H20F2N4O3S/c19-14-9-13(10-15(20)11-14)17(21)23-5-7-24(8-6-23)18(25)12-1-3-16(4-2-12)22-28(26)27/h1-4,9-11,17,22H,5-8,21H2,(H,26,27). The predicted octanol–water partition coefficient (Wildman–Crippen LogP) is 1.93. The summed E-state index contributed by atoms with van der Waals surface area (Å²) in [5.41, 5.74) is 7.37. The van der Waals surface area contributed by atoms with E-state index in [2.05, 4.69) is 4.72 Å². The minimum Gasteiger partial charge on any atom is -0.336 e. The molecule has 1 heterocycles. The van der Waals surface area contributed by atoms with Gasteiger partial charge in [-0.1, -0.05) is 0 Å². The Labute approximate surface area is 163 Å². The molecule has 1 saturated heterocycles. The third kappa shape index (κ3) is 4.90. The molecule has 150 valence electrons. The van der Waals surface area contributed by atoms with Crippen molar-refractivity contribution >= 4 is 22.9 Å². The first-order valence-corrected chi connectivity index (χ1v) is 9.66. The van der Waals surface area contributed by atoms with Crippen molar-refractivity contribution in [2.45, 2.75) is 6.17 Å². The molecule has 1 amide bonds. The molecule has 10 heteroatoms. The smallest absolute Gasteiger partial charge is 0.259 e. The quantitative estimate of drug-likeness (QED) is 0.655. The summed E-state index contributed by atoms with van der Waals surface area (Å²) in [5, 5.41) is 0. The van der Waals surface area contributed by atoms with Crippen molar-refractivity contribution in [3.63, 3.8) is 0 Å². The molecule has 2 aromatic rings. The minimum atomic E-state index is -2.18. The summed E-state index contributed by atoms with van der Waals surface area (Å²) < 4.78 is 48.7. The van der Waals surface area contributed by atoms with Crippen molar-refractivity contribution < 1.29 is 22.3 Å². The monoisotopic (exact) mass is 410 g/mol. The first kappa shape index (κ1) is 20.3. The van der Waals surface area contributed by atoms with E-state index in [1.165, 1.54) is 12.1 Å². The van der Waals surface area contributed by atoms with Gasteiger partial charge in [0.2, 0.25) is 0 Å². The van der Waals surface area contributed by atoms with E-state index < -0.39 is 29.1 Å². The van der Waals surface area contributed by atoms with Gasteiger partial charge in [0.1, 0.15) is 11.6 Å². The lowest BCUT2D eigenvalue weighted by atomic mass is 10.1. The van der Waals surface area contributed by atoms with E-state index in [-0.39, 0.29) is 5.91 Å². The van der Waals surface area contributed by atoms with E-state index in [1.54, 1.807) is 29.2 Å². The van der Waals surface area contributed by atoms with Gasteiger partial charge in [0.25, 0.3) is 17.2 Å². The van der Waals surface area contributed by atoms with E-state index in [0.29, 0.717) is 43.0 Å². The summed E-state index contributed by atoms with van der Waals surface area (Å²) in [6, 6.07) is 9.46. The van der Waals surface area contributed by atoms with Crippen molar-refractivity contribution in [1.82, 2.24) is 9.80 Å². The molecule has 2 aromatic carbocycles. The van der Waals surface area contributed by atoms with Crippen molar-refractivity contribution in [1.29, 1.82) is 0 Å². The zero-order chi connectivity index (χ0) is 20.3. The Morgan fingerprint density at radius 2 is 1.64 bits per heavy atom. The van der Waals surface area contributed by atoms with E-state index in [1.807, 2.05) is 4.90 Å². The number of nitrogens with two attached hydrogens (primary N) is 1. The summed E-state index contributed by atoms with van der Waals surface area (Å²) in [5.74, 6) is -1.52. The Balaban J connectivity index is 1.60. The molecule has 0 aliphatic carbocycles. The van der Waals surface area contributed by atoms with Gasteiger partial charge in [-0.25, -0.2) is 13.0 Å². The van der Waals surface area contributed by atoms with Crippen LogP contribution in [0.25, 0.3) is 0 Å². The highest BCUT2D eigenvalue weighted by Crippen LogP contribution is 2.20. The molecule has 3 rings (SSSR count). The Kier molecular flexibility index (Phi) is 6.35. The van der Waals surface area contributed by atoms with Crippen LogP contribution in [0.3, 0.4) is 0 Å². The fourth-order valence-corrected chi connectivity index (χ4v) is 3.46. The Morgan fingerprint density at radius 1 is 1.07 bits per heavy atom. The van der Waals surface area contributed by atoms with Gasteiger partial charge < -0.3 is 10.6 Å². The van der Waals surface area contributed by atoms with Gasteiger partial charge in [0, 0.05) is 43.5 Å². The van der Waals surface area contributed by atoms with Gasteiger partial charge >= 0.3 is 0 Å². The first-order valence-electron chi connectivity index (χ1n) is 8.56. The number of hydrogen-bond acceptors (Lipinski definition) is 4. The van der Waals surface area contributed by atoms with Crippen LogP contribution >= 0.6 is 0 Å². The molecule has 0 aromatic heterocycles. The number of nitrogens with one attached hydrogen (secondary N) is 1. The fraction of sp³-hybridized carbons (Fsp3) is 0.278. The zero-order valence-electron chi connectivity index (χ0n) is 14.8. The van der Waals surface area contributed by atoms with Crippen molar-refractivity contribution in [2.24, 2.45) is 5.73 Å². The highest BCUT2D eigenvalue weighted by atomic mass is 32.2. The number of nitrogens with zero attached hydrogens (tertiary/aromatic N) is 2. The third-order valence-electron chi connectivity index (χ3n) is 4.56. The highest BCUT2D eigenvalue weighted by molar-refractivity contribution is 7.80. The van der Waals surface area contributed by atoms with Crippen LogP contribution in [0.4, 0.5) is 14.5 Å². The highest BCUT2D eigenvalue weighted by Gasteiger charge is 2.26. The molecule has 2 atom stereocenters. The number of benzene rings is 2. The van der Waals surface area contributed by atoms with Gasteiger partial charge in [-0.15, -0.1) is 0 Å². The SMILES string of the molecule is NC(c1cc(F)cc(F)c1)N1CCN(C(=O)c2ccc(NS(=O)O)cc2)CC1. The number of amides is 1. The number of piperazine rings is 1.